The Kier molecular flexibility index (Phi) is 5.30. The topological polar surface area (TPSA) is 62.2 Å². The van der Waals surface area contributed by atoms with Crippen LogP contribution in [0.15, 0.2) is 23.0 Å². The van der Waals surface area contributed by atoms with Crippen LogP contribution >= 0.6 is 22.7 Å². The summed E-state index contributed by atoms with van der Waals surface area (Å²) in [4.78, 5) is 17.0. The highest BCUT2D eigenvalue weighted by atomic mass is 32.1. The lowest BCUT2D eigenvalue weighted by Crippen LogP contribution is -2.26. The molecule has 0 saturated heterocycles. The molecule has 0 aliphatic rings. The quantitative estimate of drug-likeness (QED) is 0.853. The maximum absolute atomic E-state index is 12.2. The van der Waals surface area contributed by atoms with Crippen LogP contribution in [0.25, 0.3) is 0 Å². The number of hydrogen-bond donors (Lipinski definition) is 2. The van der Waals surface area contributed by atoms with Gasteiger partial charge in [0.05, 0.1) is 12.6 Å². The van der Waals surface area contributed by atoms with Gasteiger partial charge >= 0.3 is 0 Å². The van der Waals surface area contributed by atoms with Gasteiger partial charge in [-0.2, -0.15) is 0 Å². The van der Waals surface area contributed by atoms with Crippen molar-refractivity contribution in [2.24, 2.45) is 0 Å². The van der Waals surface area contributed by atoms with Gasteiger partial charge in [0.2, 0.25) is 0 Å². The number of amides is 1. The van der Waals surface area contributed by atoms with Crippen molar-refractivity contribution in [2.75, 3.05) is 6.61 Å². The highest BCUT2D eigenvalue weighted by molar-refractivity contribution is 7.12. The lowest BCUT2D eigenvalue weighted by molar-refractivity contribution is 0.0943. The second-order valence-electron chi connectivity index (χ2n) is 4.00. The molecule has 1 unspecified atom stereocenters. The first-order valence-corrected chi connectivity index (χ1v) is 7.85. The van der Waals surface area contributed by atoms with Crippen LogP contribution in [0.2, 0.25) is 0 Å². The van der Waals surface area contributed by atoms with Crippen LogP contribution in [0, 0.1) is 11.8 Å². The molecule has 1 amide bonds. The maximum atomic E-state index is 12.2. The van der Waals surface area contributed by atoms with Crippen molar-refractivity contribution in [3.05, 3.63) is 38.5 Å². The Bertz CT molecular complexity index is 623. The molecule has 0 aromatic carbocycles. The normalized spacial score (nSPS) is 11.5. The number of nitrogens with zero attached hydrogens (tertiary/aromatic N) is 1. The standard InChI is InChI=1S/C14H14N2O2S2/c1-10(14-15-6-9-20-14)16-13(18)12-11(5-8-19-12)4-2-3-7-17/h5-6,8-10,17H,3,7H2,1H3,(H,16,18). The van der Waals surface area contributed by atoms with Crippen molar-refractivity contribution < 1.29 is 9.90 Å². The average Bonchev–Trinajstić information content (AvgIpc) is 3.10. The van der Waals surface area contributed by atoms with Crippen LogP contribution in [0.5, 0.6) is 0 Å². The lowest BCUT2D eigenvalue weighted by atomic mass is 10.2. The van der Waals surface area contributed by atoms with Gasteiger partial charge in [-0.1, -0.05) is 11.8 Å². The lowest BCUT2D eigenvalue weighted by Gasteiger charge is -2.10. The van der Waals surface area contributed by atoms with Gasteiger partial charge in [-0.25, -0.2) is 4.98 Å². The highest BCUT2D eigenvalue weighted by Gasteiger charge is 2.16. The summed E-state index contributed by atoms with van der Waals surface area (Å²) >= 11 is 2.87. The summed E-state index contributed by atoms with van der Waals surface area (Å²) in [5, 5.41) is 16.2. The van der Waals surface area contributed by atoms with Crippen molar-refractivity contribution >= 4 is 28.6 Å². The molecule has 0 bridgehead atoms. The van der Waals surface area contributed by atoms with Crippen molar-refractivity contribution in [1.29, 1.82) is 0 Å². The number of aliphatic hydroxyl groups is 1. The fourth-order valence-electron chi connectivity index (χ4n) is 1.57. The first-order chi connectivity index (χ1) is 9.72. The summed E-state index contributed by atoms with van der Waals surface area (Å²) < 4.78 is 0. The first kappa shape index (κ1) is 14.7. The zero-order valence-electron chi connectivity index (χ0n) is 10.9. The van der Waals surface area contributed by atoms with Gasteiger partial charge in [-0.3, -0.25) is 4.79 Å². The predicted octanol–water partition coefficient (Wildman–Crippen LogP) is 2.43. The van der Waals surface area contributed by atoms with Crippen molar-refractivity contribution in [1.82, 2.24) is 10.3 Å². The molecule has 0 saturated carbocycles. The summed E-state index contributed by atoms with van der Waals surface area (Å²) in [6.45, 7) is 1.93. The van der Waals surface area contributed by atoms with E-state index in [9.17, 15) is 4.79 Å². The predicted molar refractivity (Wildman–Crippen MR) is 80.9 cm³/mol. The van der Waals surface area contributed by atoms with E-state index in [1.165, 1.54) is 22.7 Å². The SMILES string of the molecule is CC(NC(=O)c1sccc1C#CCCO)c1nccs1. The number of carbonyl (C=O) groups is 1. The van der Waals surface area contributed by atoms with E-state index in [-0.39, 0.29) is 18.6 Å². The van der Waals surface area contributed by atoms with Crippen molar-refractivity contribution in [3.8, 4) is 11.8 Å². The number of thiazole rings is 1. The van der Waals surface area contributed by atoms with Gasteiger partial charge in [-0.15, -0.1) is 22.7 Å². The zero-order chi connectivity index (χ0) is 14.4. The molecular weight excluding hydrogens is 292 g/mol. The minimum Gasteiger partial charge on any atom is -0.395 e. The number of rotatable bonds is 4. The van der Waals surface area contributed by atoms with E-state index >= 15 is 0 Å². The van der Waals surface area contributed by atoms with Gasteiger partial charge in [0.1, 0.15) is 9.88 Å². The monoisotopic (exact) mass is 306 g/mol. The molecular formula is C14H14N2O2S2. The van der Waals surface area contributed by atoms with Gasteiger partial charge in [-0.05, 0) is 18.4 Å². The Morgan fingerprint density at radius 3 is 3.05 bits per heavy atom. The number of carbonyl (C=O) groups excluding carboxylic acids is 1. The molecule has 1 atom stereocenters. The van der Waals surface area contributed by atoms with Crippen molar-refractivity contribution in [2.45, 2.75) is 19.4 Å². The Hall–Kier alpha value is -1.68. The molecule has 20 heavy (non-hydrogen) atoms. The van der Waals surface area contributed by atoms with Crippen LogP contribution < -0.4 is 5.32 Å². The summed E-state index contributed by atoms with van der Waals surface area (Å²) in [6.07, 6.45) is 2.13. The third-order valence-electron chi connectivity index (χ3n) is 2.50. The molecule has 0 fully saturated rings. The van der Waals surface area contributed by atoms with E-state index in [1.54, 1.807) is 6.20 Å². The van der Waals surface area contributed by atoms with Crippen LogP contribution in [0.3, 0.4) is 0 Å². The number of nitrogens with one attached hydrogen (secondary N) is 1. The number of hydrogen-bond acceptors (Lipinski definition) is 5. The van der Waals surface area contributed by atoms with E-state index in [2.05, 4.69) is 22.1 Å². The Balaban J connectivity index is 2.07. The highest BCUT2D eigenvalue weighted by Crippen LogP contribution is 2.19. The Morgan fingerprint density at radius 2 is 2.35 bits per heavy atom. The van der Waals surface area contributed by atoms with Gasteiger partial charge in [0.15, 0.2) is 0 Å². The molecule has 2 N–H and O–H groups in total. The molecule has 2 rings (SSSR count). The molecule has 0 aliphatic carbocycles. The molecule has 0 radical (unpaired) electrons. The van der Waals surface area contributed by atoms with E-state index < -0.39 is 0 Å². The van der Waals surface area contributed by atoms with E-state index in [4.69, 9.17) is 5.11 Å². The van der Waals surface area contributed by atoms with Crippen LogP contribution in [0.4, 0.5) is 0 Å². The summed E-state index contributed by atoms with van der Waals surface area (Å²) in [7, 11) is 0. The van der Waals surface area contributed by atoms with E-state index in [1.807, 2.05) is 23.8 Å². The minimum absolute atomic E-state index is 0.0275. The largest absolute Gasteiger partial charge is 0.395 e. The fourth-order valence-corrected chi connectivity index (χ4v) is 2.97. The van der Waals surface area contributed by atoms with Crippen LogP contribution in [0.1, 0.15) is 39.6 Å². The molecule has 2 aromatic rings. The van der Waals surface area contributed by atoms with Crippen LogP contribution in [-0.2, 0) is 0 Å². The number of aliphatic hydroxyl groups excluding tert-OH is 1. The Morgan fingerprint density at radius 1 is 1.50 bits per heavy atom. The molecule has 2 heterocycles. The second-order valence-corrected chi connectivity index (χ2v) is 5.85. The molecule has 0 aliphatic heterocycles. The van der Waals surface area contributed by atoms with Crippen LogP contribution in [-0.4, -0.2) is 22.6 Å². The minimum atomic E-state index is -0.143. The smallest absolute Gasteiger partial charge is 0.263 e. The maximum Gasteiger partial charge on any atom is 0.263 e. The third-order valence-corrected chi connectivity index (χ3v) is 4.37. The molecule has 4 nitrogen and oxygen atoms in total. The molecule has 104 valence electrons. The zero-order valence-corrected chi connectivity index (χ0v) is 12.6. The average molecular weight is 306 g/mol. The number of thiophene rings is 1. The van der Waals surface area contributed by atoms with Crippen molar-refractivity contribution in [3.63, 3.8) is 0 Å². The molecule has 2 aromatic heterocycles. The van der Waals surface area contributed by atoms with E-state index in [0.29, 0.717) is 16.9 Å². The summed E-state index contributed by atoms with van der Waals surface area (Å²) in [5.74, 6) is 5.60. The third kappa shape index (κ3) is 3.67. The van der Waals surface area contributed by atoms with E-state index in [0.717, 1.165) is 5.01 Å². The second kappa shape index (κ2) is 7.20. The van der Waals surface area contributed by atoms with Gasteiger partial charge in [0, 0.05) is 23.6 Å². The summed E-state index contributed by atoms with van der Waals surface area (Å²) in [6, 6.07) is 1.70. The number of aromatic nitrogens is 1. The fraction of sp³-hybridized carbons (Fsp3) is 0.286. The molecule has 6 heteroatoms. The van der Waals surface area contributed by atoms with Gasteiger partial charge in [0.25, 0.3) is 5.91 Å². The first-order valence-electron chi connectivity index (χ1n) is 6.10. The Labute approximate surface area is 125 Å². The molecule has 0 spiro atoms. The van der Waals surface area contributed by atoms with Gasteiger partial charge < -0.3 is 10.4 Å². The summed E-state index contributed by atoms with van der Waals surface area (Å²) in [5.41, 5.74) is 0.701.